The third kappa shape index (κ3) is 2.74. The molecule has 0 N–H and O–H groups in total. The molecule has 0 aliphatic rings. The van der Waals surface area contributed by atoms with Gasteiger partial charge in [-0.3, -0.25) is 0 Å². The molecule has 3 aromatic rings. The average molecular weight is 294 g/mol. The van der Waals surface area contributed by atoms with E-state index in [1.165, 1.54) is 11.3 Å². The lowest BCUT2D eigenvalue weighted by Gasteiger charge is -2.03. The number of hydrogen-bond acceptors (Lipinski definition) is 6. The Hall–Kier alpha value is -1.92. The minimum Gasteiger partial charge on any atom is -0.482 e. The Morgan fingerprint density at radius 3 is 3.05 bits per heavy atom. The highest BCUT2D eigenvalue weighted by atomic mass is 35.5. The van der Waals surface area contributed by atoms with Gasteiger partial charge in [0.15, 0.2) is 17.5 Å². The summed E-state index contributed by atoms with van der Waals surface area (Å²) in [5.41, 5.74) is 0. The van der Waals surface area contributed by atoms with Crippen molar-refractivity contribution in [1.29, 1.82) is 0 Å². The Kier molecular flexibility index (Phi) is 3.43. The molecule has 7 heteroatoms. The smallest absolute Gasteiger partial charge is 0.268 e. The topological polar surface area (TPSA) is 61.0 Å². The molecule has 0 spiro atoms. The van der Waals surface area contributed by atoms with Crippen LogP contribution in [-0.2, 0) is 6.61 Å². The third-order valence-electron chi connectivity index (χ3n) is 2.28. The summed E-state index contributed by atoms with van der Waals surface area (Å²) in [4.78, 5) is 9.09. The molecule has 0 atom stereocenters. The van der Waals surface area contributed by atoms with Crippen LogP contribution in [0.25, 0.3) is 10.8 Å². The number of pyridine rings is 1. The van der Waals surface area contributed by atoms with Gasteiger partial charge < -0.3 is 9.26 Å². The van der Waals surface area contributed by atoms with E-state index in [1.807, 2.05) is 17.5 Å². The number of ether oxygens (including phenoxy) is 1. The largest absolute Gasteiger partial charge is 0.482 e. The van der Waals surface area contributed by atoms with Crippen molar-refractivity contribution in [3.8, 4) is 16.5 Å². The molecule has 0 aliphatic heterocycles. The predicted octanol–water partition coefficient (Wildman–Crippen LogP) is 3.43. The fourth-order valence-corrected chi connectivity index (χ4v) is 2.25. The van der Waals surface area contributed by atoms with E-state index in [9.17, 15) is 0 Å². The van der Waals surface area contributed by atoms with E-state index >= 15 is 0 Å². The second kappa shape index (κ2) is 5.38. The van der Waals surface area contributed by atoms with E-state index in [1.54, 1.807) is 18.3 Å². The quantitative estimate of drug-likeness (QED) is 0.690. The molecule has 0 unspecified atom stereocenters. The number of halogens is 1. The first-order valence-electron chi connectivity index (χ1n) is 5.43. The highest BCUT2D eigenvalue weighted by molar-refractivity contribution is 7.13. The van der Waals surface area contributed by atoms with Crippen LogP contribution in [0.2, 0.25) is 5.15 Å². The molecule has 0 aromatic carbocycles. The standard InChI is InChI=1S/C12H8ClN3O2S/c13-11-8(3-1-5-14-11)17-7-10-15-12(18-16-10)9-4-2-6-19-9/h1-6H,7H2. The van der Waals surface area contributed by atoms with Crippen LogP contribution in [0.15, 0.2) is 40.4 Å². The van der Waals surface area contributed by atoms with Crippen molar-refractivity contribution in [3.63, 3.8) is 0 Å². The van der Waals surface area contributed by atoms with Crippen molar-refractivity contribution in [2.24, 2.45) is 0 Å². The number of nitrogens with zero attached hydrogens (tertiary/aromatic N) is 3. The highest BCUT2D eigenvalue weighted by Crippen LogP contribution is 2.24. The van der Waals surface area contributed by atoms with Gasteiger partial charge in [0.05, 0.1) is 4.88 Å². The average Bonchev–Trinajstić information content (AvgIpc) is 3.09. The van der Waals surface area contributed by atoms with Crippen LogP contribution < -0.4 is 4.74 Å². The van der Waals surface area contributed by atoms with Crippen molar-refractivity contribution in [3.05, 3.63) is 46.8 Å². The van der Waals surface area contributed by atoms with E-state index in [-0.39, 0.29) is 6.61 Å². The summed E-state index contributed by atoms with van der Waals surface area (Å²) in [5.74, 6) is 1.45. The molecule has 3 heterocycles. The molecule has 5 nitrogen and oxygen atoms in total. The molecule has 96 valence electrons. The van der Waals surface area contributed by atoms with Crippen LogP contribution >= 0.6 is 22.9 Å². The molecule has 0 saturated carbocycles. The first-order chi connectivity index (χ1) is 9.33. The summed E-state index contributed by atoms with van der Waals surface area (Å²) in [6.07, 6.45) is 1.60. The molecule has 0 aliphatic carbocycles. The first-order valence-corrected chi connectivity index (χ1v) is 6.68. The molecule has 3 rings (SSSR count). The van der Waals surface area contributed by atoms with E-state index in [4.69, 9.17) is 20.9 Å². The highest BCUT2D eigenvalue weighted by Gasteiger charge is 2.10. The minimum atomic E-state index is 0.181. The van der Waals surface area contributed by atoms with Gasteiger partial charge in [0.25, 0.3) is 5.89 Å². The molecule has 0 saturated heterocycles. The maximum Gasteiger partial charge on any atom is 0.268 e. The van der Waals surface area contributed by atoms with Crippen LogP contribution in [0.4, 0.5) is 0 Å². The summed E-state index contributed by atoms with van der Waals surface area (Å²) in [7, 11) is 0. The van der Waals surface area contributed by atoms with Crippen molar-refractivity contribution >= 4 is 22.9 Å². The van der Waals surface area contributed by atoms with Gasteiger partial charge in [0.1, 0.15) is 0 Å². The molecule has 0 amide bonds. The Morgan fingerprint density at radius 1 is 1.32 bits per heavy atom. The zero-order valence-corrected chi connectivity index (χ0v) is 11.2. The maximum absolute atomic E-state index is 5.88. The van der Waals surface area contributed by atoms with Gasteiger partial charge in [0, 0.05) is 6.20 Å². The van der Waals surface area contributed by atoms with Crippen LogP contribution in [-0.4, -0.2) is 15.1 Å². The zero-order chi connectivity index (χ0) is 13.1. The van der Waals surface area contributed by atoms with Crippen molar-refractivity contribution in [2.45, 2.75) is 6.61 Å². The molecule has 0 bridgehead atoms. The molecule has 3 aromatic heterocycles. The number of rotatable bonds is 4. The number of hydrogen-bond donors (Lipinski definition) is 0. The van der Waals surface area contributed by atoms with E-state index in [0.717, 1.165) is 4.88 Å². The van der Waals surface area contributed by atoms with Crippen molar-refractivity contribution in [2.75, 3.05) is 0 Å². The zero-order valence-electron chi connectivity index (χ0n) is 9.62. The summed E-state index contributed by atoms with van der Waals surface area (Å²) in [6.45, 7) is 0.181. The van der Waals surface area contributed by atoms with Crippen LogP contribution in [0, 0.1) is 0 Å². The molecule has 0 fully saturated rings. The lowest BCUT2D eigenvalue weighted by atomic mass is 10.4. The monoisotopic (exact) mass is 293 g/mol. The normalized spacial score (nSPS) is 10.6. The first kappa shape index (κ1) is 12.1. The second-order valence-corrected chi connectivity index (χ2v) is 4.88. The third-order valence-corrected chi connectivity index (χ3v) is 3.42. The van der Waals surface area contributed by atoms with Gasteiger partial charge in [-0.25, -0.2) is 4.98 Å². The number of thiophene rings is 1. The summed E-state index contributed by atoms with van der Waals surface area (Å²) >= 11 is 7.42. The fourth-order valence-electron chi connectivity index (χ4n) is 1.43. The van der Waals surface area contributed by atoms with Gasteiger partial charge in [-0.05, 0) is 23.6 Å². The Balaban J connectivity index is 1.70. The summed E-state index contributed by atoms with van der Waals surface area (Å²) in [5, 5.41) is 6.11. The van der Waals surface area contributed by atoms with E-state index in [2.05, 4.69) is 15.1 Å². The van der Waals surface area contributed by atoms with Crippen molar-refractivity contribution < 1.29 is 9.26 Å². The van der Waals surface area contributed by atoms with Gasteiger partial charge >= 0.3 is 0 Å². The summed E-state index contributed by atoms with van der Waals surface area (Å²) in [6, 6.07) is 7.32. The lowest BCUT2D eigenvalue weighted by Crippen LogP contribution is -1.98. The maximum atomic E-state index is 5.88. The minimum absolute atomic E-state index is 0.181. The molecular weight excluding hydrogens is 286 g/mol. The van der Waals surface area contributed by atoms with Gasteiger partial charge in [-0.2, -0.15) is 4.98 Å². The molecular formula is C12H8ClN3O2S. The Morgan fingerprint density at radius 2 is 2.26 bits per heavy atom. The van der Waals surface area contributed by atoms with Gasteiger partial charge in [-0.15, -0.1) is 11.3 Å². The van der Waals surface area contributed by atoms with Crippen LogP contribution in [0.1, 0.15) is 5.82 Å². The lowest BCUT2D eigenvalue weighted by molar-refractivity contribution is 0.286. The van der Waals surface area contributed by atoms with Crippen LogP contribution in [0.5, 0.6) is 5.75 Å². The number of aromatic nitrogens is 3. The predicted molar refractivity (Wildman–Crippen MR) is 71.2 cm³/mol. The molecule has 19 heavy (non-hydrogen) atoms. The van der Waals surface area contributed by atoms with E-state index in [0.29, 0.717) is 22.6 Å². The Labute approximate surface area is 117 Å². The van der Waals surface area contributed by atoms with Gasteiger partial charge in [-0.1, -0.05) is 22.8 Å². The molecule has 0 radical (unpaired) electrons. The van der Waals surface area contributed by atoms with Gasteiger partial charge in [0.2, 0.25) is 5.82 Å². The summed E-state index contributed by atoms with van der Waals surface area (Å²) < 4.78 is 10.6. The van der Waals surface area contributed by atoms with Crippen molar-refractivity contribution in [1.82, 2.24) is 15.1 Å². The SMILES string of the molecule is Clc1ncccc1OCc1noc(-c2cccs2)n1. The van der Waals surface area contributed by atoms with E-state index < -0.39 is 0 Å². The second-order valence-electron chi connectivity index (χ2n) is 3.57. The Bertz CT molecular complexity index is 669. The fraction of sp³-hybridized carbons (Fsp3) is 0.0833. The van der Waals surface area contributed by atoms with Crippen LogP contribution in [0.3, 0.4) is 0 Å².